The molecule has 0 spiro atoms. The van der Waals surface area contributed by atoms with Gasteiger partial charge in [0.2, 0.25) is 10.0 Å². The first-order valence-electron chi connectivity index (χ1n) is 9.08. The zero-order valence-electron chi connectivity index (χ0n) is 16.7. The Bertz CT molecular complexity index is 1010. The van der Waals surface area contributed by atoms with Crippen LogP contribution in [-0.2, 0) is 21.0 Å². The summed E-state index contributed by atoms with van der Waals surface area (Å²) in [7, 11) is -3.66. The number of alkyl halides is 3. The Morgan fingerprint density at radius 3 is 2.43 bits per heavy atom. The van der Waals surface area contributed by atoms with Crippen molar-refractivity contribution in [2.45, 2.75) is 31.8 Å². The molecule has 0 aliphatic rings. The number of carbonyl (C=O) groups is 1. The quantitative estimate of drug-likeness (QED) is 0.645. The van der Waals surface area contributed by atoms with Gasteiger partial charge in [0.05, 0.1) is 10.5 Å². The summed E-state index contributed by atoms with van der Waals surface area (Å²) in [6.07, 6.45) is -4.51. The number of amides is 1. The van der Waals surface area contributed by atoms with E-state index in [1.165, 1.54) is 30.3 Å². The van der Waals surface area contributed by atoms with Crippen LogP contribution in [0.3, 0.4) is 0 Å². The fourth-order valence-electron chi connectivity index (χ4n) is 2.42. The molecule has 0 unspecified atom stereocenters. The van der Waals surface area contributed by atoms with Crippen molar-refractivity contribution in [2.24, 2.45) is 5.92 Å². The van der Waals surface area contributed by atoms with Gasteiger partial charge < -0.3 is 10.1 Å². The minimum atomic E-state index is -4.51. The molecular formula is C20H23F3N2O4S. The van der Waals surface area contributed by atoms with E-state index in [2.05, 4.69) is 10.0 Å². The molecule has 0 radical (unpaired) electrons. The van der Waals surface area contributed by atoms with Crippen LogP contribution in [0.15, 0.2) is 47.4 Å². The van der Waals surface area contributed by atoms with Gasteiger partial charge in [-0.3, -0.25) is 4.79 Å². The van der Waals surface area contributed by atoms with Crippen molar-refractivity contribution in [3.8, 4) is 5.75 Å². The second-order valence-electron chi connectivity index (χ2n) is 7.09. The van der Waals surface area contributed by atoms with Gasteiger partial charge in [0.1, 0.15) is 5.75 Å². The van der Waals surface area contributed by atoms with Gasteiger partial charge in [-0.15, -0.1) is 0 Å². The number of halogens is 3. The van der Waals surface area contributed by atoms with Crippen molar-refractivity contribution in [3.05, 3.63) is 53.6 Å². The monoisotopic (exact) mass is 444 g/mol. The predicted molar refractivity (Wildman–Crippen MR) is 107 cm³/mol. The molecule has 2 N–H and O–H groups in total. The average molecular weight is 444 g/mol. The maximum atomic E-state index is 12.7. The first-order valence-corrected chi connectivity index (χ1v) is 10.6. The molecule has 164 valence electrons. The highest BCUT2D eigenvalue weighted by molar-refractivity contribution is 7.89. The molecule has 0 saturated heterocycles. The van der Waals surface area contributed by atoms with Gasteiger partial charge in [0.25, 0.3) is 5.91 Å². The van der Waals surface area contributed by atoms with Crippen molar-refractivity contribution in [1.29, 1.82) is 0 Å². The molecule has 1 amide bonds. The molecule has 2 rings (SSSR count). The highest BCUT2D eigenvalue weighted by Gasteiger charge is 2.30. The van der Waals surface area contributed by atoms with Crippen LogP contribution in [0, 0.1) is 12.8 Å². The molecule has 0 saturated carbocycles. The molecule has 30 heavy (non-hydrogen) atoms. The van der Waals surface area contributed by atoms with Gasteiger partial charge >= 0.3 is 6.18 Å². The lowest BCUT2D eigenvalue weighted by Crippen LogP contribution is -2.27. The van der Waals surface area contributed by atoms with E-state index in [9.17, 15) is 26.4 Å². The number of ether oxygens (including phenoxy) is 1. The molecule has 0 atom stereocenters. The molecule has 2 aromatic carbocycles. The molecule has 0 bridgehead atoms. The summed E-state index contributed by atoms with van der Waals surface area (Å²) in [4.78, 5) is 12.1. The standard InChI is InChI=1S/C20H23F3N2O4S/c1-13(2)11-24-30(27,28)17-7-8-18(14(3)9-17)29-12-19(26)25-16-6-4-5-15(10-16)20(21,22)23/h4-10,13,24H,11-12H2,1-3H3,(H,25,26). The molecular weight excluding hydrogens is 421 g/mol. The van der Waals surface area contributed by atoms with Crippen molar-refractivity contribution >= 4 is 21.6 Å². The number of carbonyl (C=O) groups excluding carboxylic acids is 1. The van der Waals surface area contributed by atoms with Crippen LogP contribution < -0.4 is 14.8 Å². The van der Waals surface area contributed by atoms with E-state index < -0.39 is 34.3 Å². The lowest BCUT2D eigenvalue weighted by Gasteiger charge is -2.13. The Labute approximate surface area is 173 Å². The van der Waals surface area contributed by atoms with E-state index in [0.29, 0.717) is 12.1 Å². The third-order valence-electron chi connectivity index (χ3n) is 3.97. The lowest BCUT2D eigenvalue weighted by atomic mass is 10.2. The van der Waals surface area contributed by atoms with Crippen molar-refractivity contribution in [2.75, 3.05) is 18.5 Å². The maximum absolute atomic E-state index is 12.7. The smallest absolute Gasteiger partial charge is 0.416 e. The third kappa shape index (κ3) is 6.74. The first-order chi connectivity index (χ1) is 13.9. The largest absolute Gasteiger partial charge is 0.483 e. The van der Waals surface area contributed by atoms with Gasteiger partial charge in [0, 0.05) is 12.2 Å². The topological polar surface area (TPSA) is 84.5 Å². The fourth-order valence-corrected chi connectivity index (χ4v) is 3.72. The summed E-state index contributed by atoms with van der Waals surface area (Å²) in [6.45, 7) is 5.25. The van der Waals surface area contributed by atoms with Crippen molar-refractivity contribution < 1.29 is 31.1 Å². The van der Waals surface area contributed by atoms with Crippen LogP contribution in [0.4, 0.5) is 18.9 Å². The summed E-state index contributed by atoms with van der Waals surface area (Å²) in [6, 6.07) is 8.46. The maximum Gasteiger partial charge on any atom is 0.416 e. The Hall–Kier alpha value is -2.59. The number of anilines is 1. The minimum absolute atomic E-state index is 0.00665. The SMILES string of the molecule is Cc1cc(S(=O)(=O)NCC(C)C)ccc1OCC(=O)Nc1cccc(C(F)(F)F)c1. The lowest BCUT2D eigenvalue weighted by molar-refractivity contribution is -0.137. The van der Waals surface area contributed by atoms with Gasteiger partial charge in [-0.25, -0.2) is 13.1 Å². The molecule has 0 aliphatic heterocycles. The van der Waals surface area contributed by atoms with Crippen LogP contribution in [-0.4, -0.2) is 27.5 Å². The van der Waals surface area contributed by atoms with Crippen molar-refractivity contribution in [1.82, 2.24) is 4.72 Å². The molecule has 0 heterocycles. The number of rotatable bonds is 8. The molecule has 0 aliphatic carbocycles. The van der Waals surface area contributed by atoms with Crippen LogP contribution in [0.5, 0.6) is 5.75 Å². The molecule has 10 heteroatoms. The van der Waals surface area contributed by atoms with E-state index in [0.717, 1.165) is 12.1 Å². The molecule has 6 nitrogen and oxygen atoms in total. The second-order valence-corrected chi connectivity index (χ2v) is 8.86. The number of sulfonamides is 1. The fraction of sp³-hybridized carbons (Fsp3) is 0.350. The van der Waals surface area contributed by atoms with Crippen LogP contribution >= 0.6 is 0 Å². The van der Waals surface area contributed by atoms with Crippen LogP contribution in [0.2, 0.25) is 0 Å². The number of aryl methyl sites for hydroxylation is 1. The van der Waals surface area contributed by atoms with E-state index >= 15 is 0 Å². The Morgan fingerprint density at radius 1 is 1.13 bits per heavy atom. The highest BCUT2D eigenvalue weighted by Crippen LogP contribution is 2.30. The summed E-state index contributed by atoms with van der Waals surface area (Å²) in [5.74, 6) is -0.208. The Morgan fingerprint density at radius 2 is 1.83 bits per heavy atom. The normalized spacial score (nSPS) is 12.1. The zero-order chi connectivity index (χ0) is 22.5. The zero-order valence-corrected chi connectivity index (χ0v) is 17.5. The third-order valence-corrected chi connectivity index (χ3v) is 5.39. The number of hydrogen-bond acceptors (Lipinski definition) is 4. The molecule has 2 aromatic rings. The van der Waals surface area contributed by atoms with Gasteiger partial charge in [-0.1, -0.05) is 19.9 Å². The number of hydrogen-bond donors (Lipinski definition) is 2. The van der Waals surface area contributed by atoms with Crippen molar-refractivity contribution in [3.63, 3.8) is 0 Å². The summed E-state index contributed by atoms with van der Waals surface area (Å²) in [5.41, 5.74) is -0.387. The van der Waals surface area contributed by atoms with Crippen LogP contribution in [0.25, 0.3) is 0 Å². The Balaban J connectivity index is 2.00. The summed E-state index contributed by atoms with van der Waals surface area (Å²) < 4.78 is 70.6. The van der Waals surface area contributed by atoms with E-state index in [-0.39, 0.29) is 22.3 Å². The number of benzene rings is 2. The second kappa shape index (κ2) is 9.48. The predicted octanol–water partition coefficient (Wildman–Crippen LogP) is 3.97. The molecule has 0 fully saturated rings. The molecule has 0 aromatic heterocycles. The van der Waals surface area contributed by atoms with E-state index in [1.807, 2.05) is 13.8 Å². The highest BCUT2D eigenvalue weighted by atomic mass is 32.2. The minimum Gasteiger partial charge on any atom is -0.483 e. The van der Waals surface area contributed by atoms with Gasteiger partial charge in [-0.05, 0) is 54.8 Å². The first kappa shape index (κ1) is 23.7. The average Bonchev–Trinajstić information content (AvgIpc) is 2.65. The summed E-state index contributed by atoms with van der Waals surface area (Å²) in [5, 5.41) is 2.34. The Kier molecular flexibility index (Phi) is 7.49. The number of nitrogens with one attached hydrogen (secondary N) is 2. The van der Waals surface area contributed by atoms with Gasteiger partial charge in [0.15, 0.2) is 6.61 Å². The van der Waals surface area contributed by atoms with Gasteiger partial charge in [-0.2, -0.15) is 13.2 Å². The van der Waals surface area contributed by atoms with E-state index in [4.69, 9.17) is 4.74 Å². The summed E-state index contributed by atoms with van der Waals surface area (Å²) >= 11 is 0. The van der Waals surface area contributed by atoms with Crippen LogP contribution in [0.1, 0.15) is 25.0 Å². The van der Waals surface area contributed by atoms with E-state index in [1.54, 1.807) is 6.92 Å².